The molecule has 0 aliphatic carbocycles. The van der Waals surface area contributed by atoms with Crippen LogP contribution in [0.15, 0.2) is 24.3 Å². The number of fused-ring (bicyclic) bond motifs is 1. The number of benzene rings is 1. The molecule has 70 valence electrons. The Morgan fingerprint density at radius 2 is 2.23 bits per heavy atom. The predicted molar refractivity (Wildman–Crippen MR) is 54.2 cm³/mol. The van der Waals surface area contributed by atoms with Crippen LogP contribution in [0.4, 0.5) is 5.69 Å². The summed E-state index contributed by atoms with van der Waals surface area (Å²) in [6, 6.07) is 8.35. The number of aliphatic hydroxyl groups is 1. The van der Waals surface area contributed by atoms with E-state index in [4.69, 9.17) is 0 Å². The maximum absolute atomic E-state index is 9.20. The second kappa shape index (κ2) is 3.38. The standard InChI is InChI=1S/C11H15NO/c1-2-12-7-9(8-13)10-5-3-4-6-11(10)12/h3-6,9,13H,2,7-8H2,1H3/t9-/m0/s1. The zero-order chi connectivity index (χ0) is 9.26. The molecule has 1 aromatic rings. The fourth-order valence-corrected chi connectivity index (χ4v) is 2.04. The number of aliphatic hydroxyl groups excluding tert-OH is 1. The SMILES string of the molecule is CCN1C[C@@H](CO)c2ccccc21. The molecule has 0 unspecified atom stereocenters. The average molecular weight is 177 g/mol. The molecule has 2 heteroatoms. The summed E-state index contributed by atoms with van der Waals surface area (Å²) in [5, 5.41) is 9.20. The van der Waals surface area contributed by atoms with Crippen molar-refractivity contribution in [1.29, 1.82) is 0 Å². The van der Waals surface area contributed by atoms with E-state index < -0.39 is 0 Å². The first-order valence-corrected chi connectivity index (χ1v) is 4.81. The van der Waals surface area contributed by atoms with Crippen molar-refractivity contribution in [2.75, 3.05) is 24.6 Å². The third kappa shape index (κ3) is 1.31. The molecule has 0 fully saturated rings. The van der Waals surface area contributed by atoms with E-state index in [2.05, 4.69) is 30.0 Å². The molecule has 0 saturated heterocycles. The summed E-state index contributed by atoms with van der Waals surface area (Å²) >= 11 is 0. The van der Waals surface area contributed by atoms with E-state index in [-0.39, 0.29) is 6.61 Å². The lowest BCUT2D eigenvalue weighted by Crippen LogP contribution is -2.21. The normalized spacial score (nSPS) is 20.5. The molecular weight excluding hydrogens is 162 g/mol. The van der Waals surface area contributed by atoms with Crippen LogP contribution < -0.4 is 4.90 Å². The van der Waals surface area contributed by atoms with Gasteiger partial charge in [-0.25, -0.2) is 0 Å². The van der Waals surface area contributed by atoms with Gasteiger partial charge < -0.3 is 10.0 Å². The molecule has 0 aromatic heterocycles. The third-order valence-corrected chi connectivity index (χ3v) is 2.76. The molecule has 0 spiro atoms. The number of anilines is 1. The topological polar surface area (TPSA) is 23.5 Å². The number of hydrogen-bond donors (Lipinski definition) is 1. The molecule has 0 amide bonds. The number of hydrogen-bond acceptors (Lipinski definition) is 2. The van der Waals surface area contributed by atoms with E-state index in [1.165, 1.54) is 11.3 Å². The van der Waals surface area contributed by atoms with Crippen LogP contribution in [0.1, 0.15) is 18.4 Å². The molecule has 0 radical (unpaired) electrons. The molecule has 1 aliphatic heterocycles. The van der Waals surface area contributed by atoms with Crippen LogP contribution in [-0.4, -0.2) is 24.8 Å². The summed E-state index contributed by atoms with van der Waals surface area (Å²) < 4.78 is 0. The minimum Gasteiger partial charge on any atom is -0.396 e. The summed E-state index contributed by atoms with van der Waals surface area (Å²) in [5.74, 6) is 0.316. The minimum atomic E-state index is 0.257. The first-order chi connectivity index (χ1) is 6.36. The quantitative estimate of drug-likeness (QED) is 0.741. The molecule has 1 aromatic carbocycles. The first kappa shape index (κ1) is 8.57. The number of rotatable bonds is 2. The van der Waals surface area contributed by atoms with E-state index >= 15 is 0 Å². The number of likely N-dealkylation sites (N-methyl/N-ethyl adjacent to an activating group) is 1. The summed E-state index contributed by atoms with van der Waals surface area (Å²) in [4.78, 5) is 2.32. The highest BCUT2D eigenvalue weighted by atomic mass is 16.3. The lowest BCUT2D eigenvalue weighted by atomic mass is 10.0. The first-order valence-electron chi connectivity index (χ1n) is 4.81. The van der Waals surface area contributed by atoms with Crippen molar-refractivity contribution in [3.05, 3.63) is 29.8 Å². The highest BCUT2D eigenvalue weighted by molar-refractivity contribution is 5.60. The van der Waals surface area contributed by atoms with Crippen LogP contribution in [0.5, 0.6) is 0 Å². The molecule has 1 atom stereocenters. The zero-order valence-corrected chi connectivity index (χ0v) is 7.90. The molecule has 0 bridgehead atoms. The maximum atomic E-state index is 9.20. The van der Waals surface area contributed by atoms with Gasteiger partial charge in [-0.05, 0) is 18.6 Å². The van der Waals surface area contributed by atoms with Crippen molar-refractivity contribution in [3.8, 4) is 0 Å². The maximum Gasteiger partial charge on any atom is 0.0517 e. The smallest absolute Gasteiger partial charge is 0.0517 e. The van der Waals surface area contributed by atoms with Crippen molar-refractivity contribution in [2.45, 2.75) is 12.8 Å². The Morgan fingerprint density at radius 1 is 1.46 bits per heavy atom. The Bertz CT molecular complexity index is 269. The molecule has 2 nitrogen and oxygen atoms in total. The highest BCUT2D eigenvalue weighted by Crippen LogP contribution is 2.35. The second-order valence-corrected chi connectivity index (χ2v) is 3.48. The number of nitrogens with zero attached hydrogens (tertiary/aromatic N) is 1. The van der Waals surface area contributed by atoms with E-state index in [0.717, 1.165) is 13.1 Å². The second-order valence-electron chi connectivity index (χ2n) is 3.48. The Morgan fingerprint density at radius 3 is 2.92 bits per heavy atom. The van der Waals surface area contributed by atoms with Crippen molar-refractivity contribution in [2.24, 2.45) is 0 Å². The van der Waals surface area contributed by atoms with E-state index in [1.807, 2.05) is 6.07 Å². The van der Waals surface area contributed by atoms with Gasteiger partial charge in [0.15, 0.2) is 0 Å². The highest BCUT2D eigenvalue weighted by Gasteiger charge is 2.25. The molecule has 13 heavy (non-hydrogen) atoms. The van der Waals surface area contributed by atoms with Gasteiger partial charge >= 0.3 is 0 Å². The van der Waals surface area contributed by atoms with Gasteiger partial charge in [-0.3, -0.25) is 0 Å². The molecular formula is C11H15NO. The van der Waals surface area contributed by atoms with Crippen LogP contribution in [0.25, 0.3) is 0 Å². The molecule has 0 saturated carbocycles. The fourth-order valence-electron chi connectivity index (χ4n) is 2.04. The van der Waals surface area contributed by atoms with Gasteiger partial charge in [-0.1, -0.05) is 18.2 Å². The lowest BCUT2D eigenvalue weighted by molar-refractivity contribution is 0.271. The molecule has 1 N–H and O–H groups in total. The number of para-hydroxylation sites is 1. The van der Waals surface area contributed by atoms with E-state index in [1.54, 1.807) is 0 Å². The lowest BCUT2D eigenvalue weighted by Gasteiger charge is -2.16. The summed E-state index contributed by atoms with van der Waals surface area (Å²) in [7, 11) is 0. The third-order valence-electron chi connectivity index (χ3n) is 2.76. The fraction of sp³-hybridized carbons (Fsp3) is 0.455. The summed E-state index contributed by atoms with van der Waals surface area (Å²) in [6.45, 7) is 4.39. The van der Waals surface area contributed by atoms with Crippen LogP contribution in [-0.2, 0) is 0 Å². The van der Waals surface area contributed by atoms with Crippen molar-refractivity contribution in [1.82, 2.24) is 0 Å². The Hall–Kier alpha value is -1.02. The van der Waals surface area contributed by atoms with Gasteiger partial charge in [0, 0.05) is 24.7 Å². The van der Waals surface area contributed by atoms with Gasteiger partial charge in [0.25, 0.3) is 0 Å². The van der Waals surface area contributed by atoms with Crippen LogP contribution >= 0.6 is 0 Å². The summed E-state index contributed by atoms with van der Waals surface area (Å²) in [5.41, 5.74) is 2.59. The molecule has 1 aliphatic rings. The monoisotopic (exact) mass is 177 g/mol. The van der Waals surface area contributed by atoms with Gasteiger partial charge in [0.05, 0.1) is 6.61 Å². The predicted octanol–water partition coefficient (Wildman–Crippen LogP) is 1.60. The van der Waals surface area contributed by atoms with Crippen molar-refractivity contribution in [3.63, 3.8) is 0 Å². The summed E-state index contributed by atoms with van der Waals surface area (Å²) in [6.07, 6.45) is 0. The molecule has 1 heterocycles. The van der Waals surface area contributed by atoms with Crippen LogP contribution in [0.3, 0.4) is 0 Å². The Balaban J connectivity index is 2.38. The Kier molecular flexibility index (Phi) is 2.23. The van der Waals surface area contributed by atoms with Crippen LogP contribution in [0, 0.1) is 0 Å². The van der Waals surface area contributed by atoms with E-state index in [0.29, 0.717) is 5.92 Å². The van der Waals surface area contributed by atoms with E-state index in [9.17, 15) is 5.11 Å². The van der Waals surface area contributed by atoms with Gasteiger partial charge in [-0.15, -0.1) is 0 Å². The zero-order valence-electron chi connectivity index (χ0n) is 7.90. The van der Waals surface area contributed by atoms with Gasteiger partial charge in [-0.2, -0.15) is 0 Å². The minimum absolute atomic E-state index is 0.257. The van der Waals surface area contributed by atoms with Gasteiger partial charge in [0.1, 0.15) is 0 Å². The average Bonchev–Trinajstić information content (AvgIpc) is 2.56. The largest absolute Gasteiger partial charge is 0.396 e. The molecule has 2 rings (SSSR count). The Labute approximate surface area is 78.8 Å². The van der Waals surface area contributed by atoms with Crippen LogP contribution in [0.2, 0.25) is 0 Å². The van der Waals surface area contributed by atoms with Crippen molar-refractivity contribution >= 4 is 5.69 Å². The van der Waals surface area contributed by atoms with Crippen molar-refractivity contribution < 1.29 is 5.11 Å². The van der Waals surface area contributed by atoms with Gasteiger partial charge in [0.2, 0.25) is 0 Å².